The van der Waals surface area contributed by atoms with Gasteiger partial charge < -0.3 is 25.5 Å². The number of primary amides is 1. The molecule has 0 radical (unpaired) electrons. The van der Waals surface area contributed by atoms with Crippen molar-refractivity contribution < 1.29 is 19.1 Å². The molecule has 0 aliphatic heterocycles. The Bertz CT molecular complexity index is 1360. The SMILES string of the molecule is NC(=O)OC(=O)C1CC(n2cc(-c3cccc(OCc4ccccc4)c3)c3c(N)ncnc32)C1. The van der Waals surface area contributed by atoms with Crippen LogP contribution in [-0.4, -0.2) is 26.6 Å². The predicted molar refractivity (Wildman–Crippen MR) is 126 cm³/mol. The smallest absolute Gasteiger partial charge is 0.412 e. The second kappa shape index (κ2) is 8.86. The number of hydrogen-bond donors (Lipinski definition) is 2. The van der Waals surface area contributed by atoms with Gasteiger partial charge >= 0.3 is 12.1 Å². The summed E-state index contributed by atoms with van der Waals surface area (Å²) < 4.78 is 12.5. The van der Waals surface area contributed by atoms with Crippen molar-refractivity contribution in [1.82, 2.24) is 14.5 Å². The van der Waals surface area contributed by atoms with E-state index >= 15 is 0 Å². The van der Waals surface area contributed by atoms with E-state index in [1.165, 1.54) is 6.33 Å². The zero-order valence-electron chi connectivity index (χ0n) is 18.3. The van der Waals surface area contributed by atoms with E-state index in [4.69, 9.17) is 16.2 Å². The van der Waals surface area contributed by atoms with Gasteiger partial charge in [-0.25, -0.2) is 14.8 Å². The van der Waals surface area contributed by atoms with Crippen molar-refractivity contribution in [2.24, 2.45) is 11.7 Å². The number of nitrogen functional groups attached to an aromatic ring is 1. The first-order valence-corrected chi connectivity index (χ1v) is 10.9. The van der Waals surface area contributed by atoms with Crippen molar-refractivity contribution in [3.63, 3.8) is 0 Å². The molecule has 0 atom stereocenters. The number of amides is 1. The highest BCUT2D eigenvalue weighted by atomic mass is 16.6. The van der Waals surface area contributed by atoms with Crippen LogP contribution in [0.25, 0.3) is 22.2 Å². The fourth-order valence-corrected chi connectivity index (χ4v) is 4.29. The van der Waals surface area contributed by atoms with E-state index < -0.39 is 12.1 Å². The Labute approximate surface area is 195 Å². The number of anilines is 1. The van der Waals surface area contributed by atoms with Crippen molar-refractivity contribution >= 4 is 28.9 Å². The molecule has 4 aromatic rings. The third-order valence-electron chi connectivity index (χ3n) is 6.07. The van der Waals surface area contributed by atoms with E-state index in [2.05, 4.69) is 14.7 Å². The number of benzene rings is 2. The largest absolute Gasteiger partial charge is 0.489 e. The number of nitrogens with zero attached hydrogens (tertiary/aromatic N) is 3. The minimum absolute atomic E-state index is 0.00786. The first kappa shape index (κ1) is 21.4. The lowest BCUT2D eigenvalue weighted by Crippen LogP contribution is -2.35. The Morgan fingerprint density at radius 1 is 1.06 bits per heavy atom. The molecule has 4 N–H and O–H groups in total. The fraction of sp³-hybridized carbons (Fsp3) is 0.200. The highest BCUT2D eigenvalue weighted by Gasteiger charge is 2.38. The maximum Gasteiger partial charge on any atom is 0.412 e. The molecular weight excluding hydrogens is 434 g/mol. The van der Waals surface area contributed by atoms with Gasteiger partial charge in [0.1, 0.15) is 30.1 Å². The van der Waals surface area contributed by atoms with E-state index in [0.29, 0.717) is 30.9 Å². The van der Waals surface area contributed by atoms with Gasteiger partial charge in [0.2, 0.25) is 0 Å². The Morgan fingerprint density at radius 3 is 2.62 bits per heavy atom. The highest BCUT2D eigenvalue weighted by Crippen LogP contribution is 2.43. The van der Waals surface area contributed by atoms with Gasteiger partial charge in [-0.05, 0) is 36.1 Å². The van der Waals surface area contributed by atoms with Gasteiger partial charge in [0, 0.05) is 17.8 Å². The summed E-state index contributed by atoms with van der Waals surface area (Å²) in [7, 11) is 0. The number of nitrogens with two attached hydrogens (primary N) is 2. The molecule has 1 saturated carbocycles. The van der Waals surface area contributed by atoms with Gasteiger partial charge in [0.25, 0.3) is 0 Å². The number of esters is 1. The van der Waals surface area contributed by atoms with Crippen LogP contribution in [0.1, 0.15) is 24.4 Å². The third-order valence-corrected chi connectivity index (χ3v) is 6.07. The zero-order chi connectivity index (χ0) is 23.7. The summed E-state index contributed by atoms with van der Waals surface area (Å²) in [6, 6.07) is 17.7. The van der Waals surface area contributed by atoms with Crippen molar-refractivity contribution in [3.05, 3.63) is 72.7 Å². The molecule has 1 aliphatic carbocycles. The summed E-state index contributed by atoms with van der Waals surface area (Å²) in [5, 5.41) is 0.742. The minimum atomic E-state index is -1.09. The lowest BCUT2D eigenvalue weighted by molar-refractivity contribution is -0.145. The maximum atomic E-state index is 12.0. The van der Waals surface area contributed by atoms with Crippen molar-refractivity contribution in [2.75, 3.05) is 5.73 Å². The molecule has 2 aromatic carbocycles. The van der Waals surface area contributed by atoms with Crippen LogP contribution >= 0.6 is 0 Å². The van der Waals surface area contributed by atoms with Gasteiger partial charge in [-0.1, -0.05) is 42.5 Å². The summed E-state index contributed by atoms with van der Waals surface area (Å²) in [4.78, 5) is 31.5. The molecule has 0 saturated heterocycles. The van der Waals surface area contributed by atoms with Crippen molar-refractivity contribution in [1.29, 1.82) is 0 Å². The van der Waals surface area contributed by atoms with Crippen LogP contribution in [0.15, 0.2) is 67.1 Å². The van der Waals surface area contributed by atoms with Crippen LogP contribution in [0, 0.1) is 5.92 Å². The van der Waals surface area contributed by atoms with Crippen LogP contribution < -0.4 is 16.2 Å². The molecule has 0 spiro atoms. The average Bonchev–Trinajstić information content (AvgIpc) is 3.18. The molecule has 2 heterocycles. The minimum Gasteiger partial charge on any atom is -0.489 e. The third kappa shape index (κ3) is 4.15. The Hall–Kier alpha value is -4.40. The van der Waals surface area contributed by atoms with Gasteiger partial charge in [0.05, 0.1) is 11.3 Å². The number of aromatic nitrogens is 3. The Balaban J connectivity index is 1.42. The lowest BCUT2D eigenvalue weighted by Gasteiger charge is -2.34. The molecule has 172 valence electrons. The van der Waals surface area contributed by atoms with Crippen LogP contribution in [0.4, 0.5) is 10.6 Å². The molecule has 9 nitrogen and oxygen atoms in total. The molecule has 34 heavy (non-hydrogen) atoms. The van der Waals surface area contributed by atoms with E-state index in [9.17, 15) is 9.59 Å². The highest BCUT2D eigenvalue weighted by molar-refractivity contribution is 6.01. The number of rotatable bonds is 6. The van der Waals surface area contributed by atoms with Crippen LogP contribution in [0.2, 0.25) is 0 Å². The standard InChI is InChI=1S/C25H23N5O4/c26-22-21-20(16-7-4-8-19(11-16)33-13-15-5-2-1-3-6-15)12-30(23(21)29-14-28-22)18-9-17(10-18)24(31)34-25(27)32/h1-8,11-12,14,17-18H,9-10,13H2,(H2,27,32)(H2,26,28,29). The second-order valence-corrected chi connectivity index (χ2v) is 8.27. The first-order valence-electron chi connectivity index (χ1n) is 10.9. The molecular formula is C25H23N5O4. The summed E-state index contributed by atoms with van der Waals surface area (Å²) in [6.45, 7) is 0.460. The molecule has 2 aromatic heterocycles. The average molecular weight is 457 g/mol. The molecule has 1 aliphatic rings. The quantitative estimate of drug-likeness (QED) is 0.332. The van der Waals surface area contributed by atoms with E-state index in [0.717, 1.165) is 27.8 Å². The molecule has 0 bridgehead atoms. The number of hydrogen-bond acceptors (Lipinski definition) is 7. The molecule has 1 fully saturated rings. The zero-order valence-corrected chi connectivity index (χ0v) is 18.3. The fourth-order valence-electron chi connectivity index (χ4n) is 4.29. The number of fused-ring (bicyclic) bond motifs is 1. The summed E-state index contributed by atoms with van der Waals surface area (Å²) in [5.41, 5.74) is 14.8. The Kier molecular flexibility index (Phi) is 5.59. The van der Waals surface area contributed by atoms with Crippen molar-refractivity contribution in [2.45, 2.75) is 25.5 Å². The number of carbonyl (C=O) groups is 2. The first-order chi connectivity index (χ1) is 16.5. The molecule has 1 amide bonds. The summed E-state index contributed by atoms with van der Waals surface area (Å²) in [5.74, 6) is 0.124. The second-order valence-electron chi connectivity index (χ2n) is 8.27. The van der Waals surface area contributed by atoms with Crippen LogP contribution in [-0.2, 0) is 16.1 Å². The van der Waals surface area contributed by atoms with E-state index in [1.54, 1.807) is 0 Å². The number of carbonyl (C=O) groups excluding carboxylic acids is 2. The van der Waals surface area contributed by atoms with Gasteiger partial charge in [-0.3, -0.25) is 4.79 Å². The molecule has 9 heteroatoms. The van der Waals surface area contributed by atoms with Gasteiger partial charge in [-0.15, -0.1) is 0 Å². The van der Waals surface area contributed by atoms with Crippen LogP contribution in [0.5, 0.6) is 5.75 Å². The van der Waals surface area contributed by atoms with Crippen LogP contribution in [0.3, 0.4) is 0 Å². The van der Waals surface area contributed by atoms with E-state index in [1.807, 2.05) is 65.4 Å². The molecule has 0 unspecified atom stereocenters. The predicted octanol–water partition coefficient (Wildman–Crippen LogP) is 3.83. The molecule has 5 rings (SSSR count). The lowest BCUT2D eigenvalue weighted by atomic mass is 9.80. The normalized spacial score (nSPS) is 17.2. The topological polar surface area (TPSA) is 135 Å². The Morgan fingerprint density at radius 2 is 1.85 bits per heavy atom. The number of ether oxygens (including phenoxy) is 2. The van der Waals surface area contributed by atoms with E-state index in [-0.39, 0.29) is 12.0 Å². The monoisotopic (exact) mass is 457 g/mol. The van der Waals surface area contributed by atoms with Gasteiger partial charge in [0.15, 0.2) is 0 Å². The summed E-state index contributed by atoms with van der Waals surface area (Å²) >= 11 is 0. The maximum absolute atomic E-state index is 12.0. The van der Waals surface area contributed by atoms with Gasteiger partial charge in [-0.2, -0.15) is 0 Å². The summed E-state index contributed by atoms with van der Waals surface area (Å²) in [6.07, 6.45) is 3.34. The van der Waals surface area contributed by atoms with Crippen molar-refractivity contribution in [3.8, 4) is 16.9 Å².